The van der Waals surface area contributed by atoms with E-state index in [2.05, 4.69) is 5.16 Å². The Hall–Kier alpha value is -3.36. The van der Waals surface area contributed by atoms with E-state index >= 15 is 0 Å². The summed E-state index contributed by atoms with van der Waals surface area (Å²) in [5.41, 5.74) is 6.69. The fourth-order valence-electron chi connectivity index (χ4n) is 2.06. The number of esters is 1. The lowest BCUT2D eigenvalue weighted by atomic mass is 10.2. The van der Waals surface area contributed by atoms with Gasteiger partial charge in [-0.05, 0) is 45.0 Å². The van der Waals surface area contributed by atoms with E-state index in [4.69, 9.17) is 19.7 Å². The Morgan fingerprint density at radius 3 is 2.42 bits per heavy atom. The first-order valence-electron chi connectivity index (χ1n) is 7.73. The Morgan fingerprint density at radius 1 is 1.23 bits per heavy atom. The van der Waals surface area contributed by atoms with E-state index in [0.717, 1.165) is 11.3 Å². The molecule has 138 valence electrons. The van der Waals surface area contributed by atoms with Crippen LogP contribution in [0.3, 0.4) is 0 Å². The number of primary amides is 1. The molecular formula is C17H19N3O6. The molecule has 0 saturated heterocycles. The van der Waals surface area contributed by atoms with Crippen LogP contribution in [0.15, 0.2) is 28.8 Å². The van der Waals surface area contributed by atoms with Crippen molar-refractivity contribution in [3.8, 4) is 5.75 Å². The zero-order valence-electron chi connectivity index (χ0n) is 14.6. The SMILES string of the molecule is Cc1noc(C)c1COc1ccc(C(=O)O[C@H](C)C(=O)NC(N)=O)cc1. The van der Waals surface area contributed by atoms with Gasteiger partial charge >= 0.3 is 12.0 Å². The van der Waals surface area contributed by atoms with Crippen molar-refractivity contribution in [2.24, 2.45) is 5.73 Å². The van der Waals surface area contributed by atoms with Crippen LogP contribution in [0.1, 0.15) is 34.3 Å². The number of carbonyl (C=O) groups is 3. The topological polar surface area (TPSA) is 134 Å². The number of ether oxygens (including phenoxy) is 2. The summed E-state index contributed by atoms with van der Waals surface area (Å²) in [4.78, 5) is 34.1. The van der Waals surface area contributed by atoms with Gasteiger partial charge in [0.15, 0.2) is 6.10 Å². The molecule has 0 saturated carbocycles. The van der Waals surface area contributed by atoms with E-state index < -0.39 is 24.0 Å². The summed E-state index contributed by atoms with van der Waals surface area (Å²) < 4.78 is 15.7. The van der Waals surface area contributed by atoms with Crippen LogP contribution in [0, 0.1) is 13.8 Å². The van der Waals surface area contributed by atoms with E-state index in [9.17, 15) is 14.4 Å². The molecule has 26 heavy (non-hydrogen) atoms. The highest BCUT2D eigenvalue weighted by molar-refractivity contribution is 5.98. The van der Waals surface area contributed by atoms with Crippen molar-refractivity contribution >= 4 is 17.9 Å². The van der Waals surface area contributed by atoms with Crippen LogP contribution in [0.2, 0.25) is 0 Å². The minimum absolute atomic E-state index is 0.230. The zero-order valence-corrected chi connectivity index (χ0v) is 14.6. The van der Waals surface area contributed by atoms with E-state index in [1.807, 2.05) is 12.2 Å². The van der Waals surface area contributed by atoms with Crippen molar-refractivity contribution in [1.29, 1.82) is 0 Å². The molecule has 0 spiro atoms. The van der Waals surface area contributed by atoms with Crippen molar-refractivity contribution in [1.82, 2.24) is 10.5 Å². The Balaban J connectivity index is 1.93. The van der Waals surface area contributed by atoms with Crippen LogP contribution < -0.4 is 15.8 Å². The number of urea groups is 1. The number of carbonyl (C=O) groups excluding carboxylic acids is 3. The number of aromatic nitrogens is 1. The van der Waals surface area contributed by atoms with Crippen molar-refractivity contribution in [3.63, 3.8) is 0 Å². The quantitative estimate of drug-likeness (QED) is 0.746. The number of imide groups is 1. The Kier molecular flexibility index (Phi) is 5.94. The second kappa shape index (κ2) is 8.15. The third-order valence-electron chi connectivity index (χ3n) is 3.55. The molecule has 0 fully saturated rings. The first-order valence-corrected chi connectivity index (χ1v) is 7.73. The highest BCUT2D eigenvalue weighted by Gasteiger charge is 2.20. The van der Waals surface area contributed by atoms with Gasteiger partial charge in [0.1, 0.15) is 18.1 Å². The number of rotatable bonds is 6. The van der Waals surface area contributed by atoms with Gasteiger partial charge in [0.05, 0.1) is 16.8 Å². The first-order chi connectivity index (χ1) is 12.3. The van der Waals surface area contributed by atoms with Crippen LogP contribution in [0.4, 0.5) is 4.79 Å². The van der Waals surface area contributed by atoms with Gasteiger partial charge in [-0.2, -0.15) is 0 Å². The Labute approximate surface area is 149 Å². The Bertz CT molecular complexity index is 793. The summed E-state index contributed by atoms with van der Waals surface area (Å²) in [6.07, 6.45) is -1.16. The molecular weight excluding hydrogens is 342 g/mol. The second-order valence-electron chi connectivity index (χ2n) is 5.52. The van der Waals surface area contributed by atoms with E-state index in [1.165, 1.54) is 19.1 Å². The molecule has 3 amide bonds. The molecule has 0 radical (unpaired) electrons. The van der Waals surface area contributed by atoms with Crippen LogP contribution in [0.25, 0.3) is 0 Å². The highest BCUT2D eigenvalue weighted by atomic mass is 16.5. The average molecular weight is 361 g/mol. The second-order valence-corrected chi connectivity index (χ2v) is 5.52. The monoisotopic (exact) mass is 361 g/mol. The Morgan fingerprint density at radius 2 is 1.88 bits per heavy atom. The largest absolute Gasteiger partial charge is 0.489 e. The minimum Gasteiger partial charge on any atom is -0.489 e. The molecule has 0 aliphatic heterocycles. The fraction of sp³-hybridized carbons (Fsp3) is 0.294. The lowest BCUT2D eigenvalue weighted by molar-refractivity contribution is -0.127. The molecule has 2 aromatic rings. The molecule has 1 aromatic carbocycles. The van der Waals surface area contributed by atoms with Crippen LogP contribution in [-0.4, -0.2) is 29.2 Å². The number of amides is 3. The summed E-state index contributed by atoms with van der Waals surface area (Å²) in [6, 6.07) is 5.19. The maximum atomic E-state index is 12.0. The molecule has 9 nitrogen and oxygen atoms in total. The predicted octanol–water partition coefficient (Wildman–Crippen LogP) is 1.61. The number of nitrogens with one attached hydrogen (secondary N) is 1. The first kappa shape index (κ1) is 19.0. The molecule has 0 aliphatic carbocycles. The molecule has 1 atom stereocenters. The number of hydrogen-bond donors (Lipinski definition) is 2. The predicted molar refractivity (Wildman–Crippen MR) is 89.4 cm³/mol. The van der Waals surface area contributed by atoms with Gasteiger partial charge in [0.2, 0.25) is 0 Å². The van der Waals surface area contributed by atoms with Crippen molar-refractivity contribution < 1.29 is 28.4 Å². The van der Waals surface area contributed by atoms with Gasteiger partial charge < -0.3 is 19.7 Å². The highest BCUT2D eigenvalue weighted by Crippen LogP contribution is 2.18. The summed E-state index contributed by atoms with van der Waals surface area (Å²) in [5, 5.41) is 5.69. The third kappa shape index (κ3) is 4.82. The number of aryl methyl sites for hydroxylation is 2. The van der Waals surface area contributed by atoms with Gasteiger partial charge in [0.25, 0.3) is 5.91 Å². The third-order valence-corrected chi connectivity index (χ3v) is 3.55. The zero-order chi connectivity index (χ0) is 19.3. The number of benzene rings is 1. The van der Waals surface area contributed by atoms with Crippen molar-refractivity contribution in [2.45, 2.75) is 33.5 Å². The number of nitrogens with two attached hydrogens (primary N) is 1. The van der Waals surface area contributed by atoms with E-state index in [0.29, 0.717) is 11.5 Å². The summed E-state index contributed by atoms with van der Waals surface area (Å²) in [7, 11) is 0. The molecule has 1 heterocycles. The van der Waals surface area contributed by atoms with Crippen LogP contribution in [0.5, 0.6) is 5.75 Å². The van der Waals surface area contributed by atoms with Gasteiger partial charge in [-0.3, -0.25) is 10.1 Å². The smallest absolute Gasteiger partial charge is 0.338 e. The minimum atomic E-state index is -1.16. The number of hydrogen-bond acceptors (Lipinski definition) is 7. The summed E-state index contributed by atoms with van der Waals surface area (Å²) in [6.45, 7) is 5.24. The molecule has 0 aliphatic rings. The van der Waals surface area contributed by atoms with Crippen molar-refractivity contribution in [2.75, 3.05) is 0 Å². The van der Waals surface area contributed by atoms with Crippen LogP contribution in [-0.2, 0) is 16.1 Å². The van der Waals surface area contributed by atoms with Crippen molar-refractivity contribution in [3.05, 3.63) is 46.8 Å². The molecule has 1 aromatic heterocycles. The molecule has 2 rings (SSSR count). The van der Waals surface area contributed by atoms with Crippen LogP contribution >= 0.6 is 0 Å². The fourth-order valence-corrected chi connectivity index (χ4v) is 2.06. The molecule has 9 heteroatoms. The molecule has 0 unspecified atom stereocenters. The normalized spacial score (nSPS) is 11.5. The van der Waals surface area contributed by atoms with Gasteiger partial charge in [-0.1, -0.05) is 5.16 Å². The maximum Gasteiger partial charge on any atom is 0.338 e. The lowest BCUT2D eigenvalue weighted by Gasteiger charge is -2.12. The standard InChI is InChI=1S/C17H19N3O6/c1-9-14(10(2)26-20-9)8-24-13-6-4-12(5-7-13)16(22)25-11(3)15(21)19-17(18)23/h4-7,11H,8H2,1-3H3,(H3,18,19,21,23)/t11-/m1/s1. The van der Waals surface area contributed by atoms with E-state index in [1.54, 1.807) is 19.1 Å². The average Bonchev–Trinajstić information content (AvgIpc) is 2.91. The lowest BCUT2D eigenvalue weighted by Crippen LogP contribution is -2.42. The summed E-state index contributed by atoms with van der Waals surface area (Å²) >= 11 is 0. The number of nitrogens with zero attached hydrogens (tertiary/aromatic N) is 1. The molecule has 0 bridgehead atoms. The molecule has 3 N–H and O–H groups in total. The summed E-state index contributed by atoms with van der Waals surface area (Å²) in [5.74, 6) is -0.286. The van der Waals surface area contributed by atoms with E-state index in [-0.39, 0.29) is 12.2 Å². The van der Waals surface area contributed by atoms with Gasteiger partial charge in [-0.15, -0.1) is 0 Å². The maximum absolute atomic E-state index is 12.0. The van der Waals surface area contributed by atoms with Gasteiger partial charge in [-0.25, -0.2) is 9.59 Å². The van der Waals surface area contributed by atoms with Gasteiger partial charge in [0, 0.05) is 0 Å².